The molecule has 2 N–H and O–H groups in total. The predicted molar refractivity (Wildman–Crippen MR) is 125 cm³/mol. The molecular weight excluding hydrogens is 436 g/mol. The second-order valence-electron chi connectivity index (χ2n) is 8.21. The standard InChI is InChI=1S/C24H26N6O4/c25-21-18(23(31)26-16-17-5-3-12-34-17)15-19-22(27-20-6-1-2-8-29(20)24(19)32)30(21)9-4-7-28-10-13-33-14-11-28/h1-3,5-6,8,12,15,25H,4,7,9-11,13-14,16H2,(H,26,31). The Kier molecular flexibility index (Phi) is 6.24. The smallest absolute Gasteiger partial charge is 0.267 e. The van der Waals surface area contributed by atoms with Crippen LogP contribution in [0.3, 0.4) is 0 Å². The van der Waals surface area contributed by atoms with Crippen molar-refractivity contribution in [2.75, 3.05) is 32.8 Å². The van der Waals surface area contributed by atoms with E-state index in [-0.39, 0.29) is 23.2 Å². The van der Waals surface area contributed by atoms with Gasteiger partial charge in [-0.3, -0.25) is 24.3 Å². The number of carbonyl (C=O) groups excluding carboxylic acids is 1. The largest absolute Gasteiger partial charge is 0.467 e. The molecule has 0 bridgehead atoms. The predicted octanol–water partition coefficient (Wildman–Crippen LogP) is 1.37. The number of hydrogen-bond donors (Lipinski definition) is 2. The Labute approximate surface area is 194 Å². The normalized spacial score (nSPS) is 14.6. The molecule has 1 fully saturated rings. The van der Waals surface area contributed by atoms with Crippen molar-refractivity contribution in [3.63, 3.8) is 0 Å². The Bertz CT molecular complexity index is 1430. The van der Waals surface area contributed by atoms with E-state index in [1.807, 2.05) is 6.07 Å². The fourth-order valence-electron chi connectivity index (χ4n) is 4.23. The van der Waals surface area contributed by atoms with E-state index in [2.05, 4.69) is 15.2 Å². The van der Waals surface area contributed by atoms with Crippen LogP contribution in [0.2, 0.25) is 0 Å². The maximum absolute atomic E-state index is 13.3. The summed E-state index contributed by atoms with van der Waals surface area (Å²) in [6, 6.07) is 10.3. The van der Waals surface area contributed by atoms with Crippen molar-refractivity contribution in [3.05, 3.63) is 76.0 Å². The Morgan fingerprint density at radius 3 is 2.79 bits per heavy atom. The molecule has 34 heavy (non-hydrogen) atoms. The zero-order valence-corrected chi connectivity index (χ0v) is 18.7. The molecule has 0 atom stereocenters. The second kappa shape index (κ2) is 9.62. The fraction of sp³-hybridized carbons (Fsp3) is 0.333. The molecule has 4 aromatic rings. The van der Waals surface area contributed by atoms with Crippen LogP contribution in [0.25, 0.3) is 16.7 Å². The minimum Gasteiger partial charge on any atom is -0.467 e. The highest BCUT2D eigenvalue weighted by atomic mass is 16.5. The topological polar surface area (TPSA) is 118 Å². The number of hydrogen-bond acceptors (Lipinski definition) is 7. The third-order valence-corrected chi connectivity index (χ3v) is 6.03. The van der Waals surface area contributed by atoms with E-state index in [1.165, 1.54) is 16.7 Å². The van der Waals surface area contributed by atoms with Gasteiger partial charge in [-0.25, -0.2) is 4.98 Å². The van der Waals surface area contributed by atoms with Gasteiger partial charge in [0.2, 0.25) is 0 Å². The molecule has 176 valence electrons. The van der Waals surface area contributed by atoms with Gasteiger partial charge in [-0.2, -0.15) is 0 Å². The quantitative estimate of drug-likeness (QED) is 0.401. The van der Waals surface area contributed by atoms with Gasteiger partial charge >= 0.3 is 0 Å². The lowest BCUT2D eigenvalue weighted by Crippen LogP contribution is -2.38. The lowest BCUT2D eigenvalue weighted by atomic mass is 10.2. The maximum atomic E-state index is 13.3. The van der Waals surface area contributed by atoms with Crippen LogP contribution in [0.5, 0.6) is 0 Å². The average Bonchev–Trinajstić information content (AvgIpc) is 3.38. The molecular formula is C24H26N6O4. The zero-order valence-electron chi connectivity index (χ0n) is 18.7. The first-order valence-corrected chi connectivity index (χ1v) is 11.3. The number of aryl methyl sites for hydroxylation is 1. The SMILES string of the molecule is N=c1c(C(=O)NCc2ccco2)cc2c(=O)n3ccccc3nc2n1CCCN1CCOCC1. The molecule has 1 amide bonds. The first kappa shape index (κ1) is 22.1. The minimum atomic E-state index is -0.442. The molecule has 1 saturated heterocycles. The van der Waals surface area contributed by atoms with E-state index in [9.17, 15) is 9.59 Å². The van der Waals surface area contributed by atoms with Crippen LogP contribution in [-0.4, -0.2) is 57.6 Å². The summed E-state index contributed by atoms with van der Waals surface area (Å²) in [7, 11) is 0. The van der Waals surface area contributed by atoms with Crippen LogP contribution in [-0.2, 0) is 17.8 Å². The number of amides is 1. The third-order valence-electron chi connectivity index (χ3n) is 6.03. The van der Waals surface area contributed by atoms with Crippen molar-refractivity contribution in [1.82, 2.24) is 24.2 Å². The molecule has 0 aromatic carbocycles. The summed E-state index contributed by atoms with van der Waals surface area (Å²) in [4.78, 5) is 33.3. The summed E-state index contributed by atoms with van der Waals surface area (Å²) in [5, 5.41) is 11.9. The monoisotopic (exact) mass is 462 g/mol. The molecule has 4 aromatic heterocycles. The van der Waals surface area contributed by atoms with Crippen LogP contribution in [0.1, 0.15) is 22.5 Å². The van der Waals surface area contributed by atoms with Gasteiger partial charge in [-0.05, 0) is 36.8 Å². The van der Waals surface area contributed by atoms with Crippen LogP contribution in [0, 0.1) is 5.41 Å². The van der Waals surface area contributed by atoms with Crippen molar-refractivity contribution in [2.45, 2.75) is 19.5 Å². The summed E-state index contributed by atoms with van der Waals surface area (Å²) < 4.78 is 13.8. The molecule has 0 aliphatic carbocycles. The highest BCUT2D eigenvalue weighted by molar-refractivity contribution is 5.96. The minimum absolute atomic E-state index is 0.0265. The van der Waals surface area contributed by atoms with Gasteiger partial charge in [-0.15, -0.1) is 0 Å². The average molecular weight is 463 g/mol. The molecule has 0 unspecified atom stereocenters. The van der Waals surface area contributed by atoms with Crippen molar-refractivity contribution < 1.29 is 13.9 Å². The Morgan fingerprint density at radius 2 is 2.00 bits per heavy atom. The van der Waals surface area contributed by atoms with Crippen LogP contribution < -0.4 is 16.4 Å². The first-order valence-electron chi connectivity index (χ1n) is 11.3. The van der Waals surface area contributed by atoms with E-state index >= 15 is 0 Å². The summed E-state index contributed by atoms with van der Waals surface area (Å²) >= 11 is 0. The molecule has 0 radical (unpaired) electrons. The van der Waals surface area contributed by atoms with Crippen molar-refractivity contribution in [2.24, 2.45) is 0 Å². The van der Waals surface area contributed by atoms with Gasteiger partial charge in [0.1, 0.15) is 22.5 Å². The summed E-state index contributed by atoms with van der Waals surface area (Å²) in [6.45, 7) is 4.66. The summed E-state index contributed by atoms with van der Waals surface area (Å²) in [6.07, 6.45) is 3.94. The number of carbonyl (C=O) groups is 1. The van der Waals surface area contributed by atoms with Gasteiger partial charge in [0.05, 0.1) is 37.0 Å². The van der Waals surface area contributed by atoms with E-state index in [1.54, 1.807) is 35.0 Å². The molecule has 10 heteroatoms. The number of morpholine rings is 1. The van der Waals surface area contributed by atoms with Gasteiger partial charge in [0, 0.05) is 32.4 Å². The van der Waals surface area contributed by atoms with Crippen molar-refractivity contribution in [3.8, 4) is 0 Å². The van der Waals surface area contributed by atoms with E-state index in [0.717, 1.165) is 39.3 Å². The van der Waals surface area contributed by atoms with Crippen molar-refractivity contribution in [1.29, 1.82) is 5.41 Å². The van der Waals surface area contributed by atoms with E-state index in [4.69, 9.17) is 14.6 Å². The Hall–Kier alpha value is -3.76. The number of furan rings is 1. The first-order chi connectivity index (χ1) is 16.6. The highest BCUT2D eigenvalue weighted by Crippen LogP contribution is 2.12. The van der Waals surface area contributed by atoms with Gasteiger partial charge in [0.15, 0.2) is 0 Å². The molecule has 5 heterocycles. The number of nitrogens with zero attached hydrogens (tertiary/aromatic N) is 4. The summed E-state index contributed by atoms with van der Waals surface area (Å²) in [5.74, 6) is 0.162. The number of aromatic nitrogens is 3. The third kappa shape index (κ3) is 4.37. The van der Waals surface area contributed by atoms with Crippen molar-refractivity contribution >= 4 is 22.6 Å². The zero-order chi connectivity index (χ0) is 23.5. The number of nitrogens with one attached hydrogen (secondary N) is 2. The Morgan fingerprint density at radius 1 is 1.15 bits per heavy atom. The molecule has 0 saturated carbocycles. The van der Waals surface area contributed by atoms with Gasteiger partial charge in [0.25, 0.3) is 11.5 Å². The molecule has 10 nitrogen and oxygen atoms in total. The molecule has 1 aliphatic rings. The van der Waals surface area contributed by atoms with Gasteiger partial charge < -0.3 is 19.0 Å². The van der Waals surface area contributed by atoms with E-state index < -0.39 is 5.91 Å². The lowest BCUT2D eigenvalue weighted by molar-refractivity contribution is 0.0369. The lowest BCUT2D eigenvalue weighted by Gasteiger charge is -2.26. The molecule has 5 rings (SSSR count). The molecule has 0 spiro atoms. The van der Waals surface area contributed by atoms with Crippen LogP contribution in [0.4, 0.5) is 0 Å². The number of rotatable bonds is 7. The van der Waals surface area contributed by atoms with Crippen LogP contribution >= 0.6 is 0 Å². The number of ether oxygens (including phenoxy) is 1. The fourth-order valence-corrected chi connectivity index (χ4v) is 4.23. The summed E-state index contributed by atoms with van der Waals surface area (Å²) in [5.41, 5.74) is 0.781. The maximum Gasteiger partial charge on any atom is 0.267 e. The van der Waals surface area contributed by atoms with Crippen LogP contribution in [0.15, 0.2) is 58.1 Å². The highest BCUT2D eigenvalue weighted by Gasteiger charge is 2.18. The van der Waals surface area contributed by atoms with E-state index in [0.29, 0.717) is 29.0 Å². The number of pyridine rings is 2. The second-order valence-corrected chi connectivity index (χ2v) is 8.21. The number of fused-ring (bicyclic) bond motifs is 2. The van der Waals surface area contributed by atoms with Gasteiger partial charge in [-0.1, -0.05) is 6.07 Å². The molecule has 1 aliphatic heterocycles. The Balaban J connectivity index is 1.53.